The summed E-state index contributed by atoms with van der Waals surface area (Å²) in [5, 5.41) is 3.94. The maximum absolute atomic E-state index is 14.0. The topological polar surface area (TPSA) is 59.1 Å². The molecule has 2 amide bonds. The molecule has 1 saturated heterocycles. The predicted octanol–water partition coefficient (Wildman–Crippen LogP) is 4.61. The van der Waals surface area contributed by atoms with Crippen molar-refractivity contribution in [2.75, 3.05) is 27.3 Å². The molecule has 0 N–H and O–H groups in total. The third-order valence-corrected chi connectivity index (χ3v) is 8.28. The highest BCUT2D eigenvalue weighted by Gasteiger charge is 2.42. The van der Waals surface area contributed by atoms with E-state index in [-0.39, 0.29) is 17.9 Å². The van der Waals surface area contributed by atoms with E-state index in [4.69, 9.17) is 9.47 Å². The van der Waals surface area contributed by atoms with Crippen LogP contribution in [0.3, 0.4) is 0 Å². The van der Waals surface area contributed by atoms with E-state index < -0.39 is 6.04 Å². The van der Waals surface area contributed by atoms with Gasteiger partial charge in [-0.1, -0.05) is 12.1 Å². The highest BCUT2D eigenvalue weighted by molar-refractivity contribution is 7.12. The molecule has 1 aromatic carbocycles. The summed E-state index contributed by atoms with van der Waals surface area (Å²) in [5.74, 6) is 1.33. The van der Waals surface area contributed by atoms with Gasteiger partial charge in [0.15, 0.2) is 11.5 Å². The van der Waals surface area contributed by atoms with Crippen LogP contribution in [-0.4, -0.2) is 55.0 Å². The number of benzene rings is 1. The molecular weight excluding hydrogens is 456 g/mol. The van der Waals surface area contributed by atoms with Gasteiger partial charge in [0.1, 0.15) is 6.04 Å². The SMILES string of the molecule is COc1cc2c(cc1OC)[C@H](c1cccs1)N(C(=O)[C@H]1CCCN1C(=O)c1cccs1)CC2. The number of hydrogen-bond acceptors (Lipinski definition) is 6. The molecule has 6 nitrogen and oxygen atoms in total. The Morgan fingerprint density at radius 1 is 0.970 bits per heavy atom. The van der Waals surface area contributed by atoms with Crippen molar-refractivity contribution in [3.8, 4) is 11.5 Å². The van der Waals surface area contributed by atoms with Gasteiger partial charge < -0.3 is 19.3 Å². The lowest BCUT2D eigenvalue weighted by Crippen LogP contribution is -2.50. The molecule has 2 aliphatic heterocycles. The van der Waals surface area contributed by atoms with Crippen LogP contribution < -0.4 is 9.47 Å². The largest absolute Gasteiger partial charge is 0.493 e. The first-order chi connectivity index (χ1) is 16.1. The molecule has 2 aliphatic rings. The summed E-state index contributed by atoms with van der Waals surface area (Å²) in [4.78, 5) is 32.6. The molecule has 0 unspecified atom stereocenters. The number of ether oxygens (including phenoxy) is 2. The standard InChI is InChI=1S/C25H26N2O4S2/c1-30-19-14-16-9-11-27(23(21-7-4-12-32-21)17(16)15-20(19)31-2)24(28)18-6-3-10-26(18)25(29)22-8-5-13-33-22/h4-5,7-8,12-15,18,23H,3,6,9-11H2,1-2H3/t18-,23-/m1/s1. The Morgan fingerprint density at radius 2 is 1.73 bits per heavy atom. The first-order valence-electron chi connectivity index (χ1n) is 11.1. The molecule has 3 aromatic rings. The zero-order chi connectivity index (χ0) is 22.9. The van der Waals surface area contributed by atoms with E-state index in [1.54, 1.807) is 30.5 Å². The fourth-order valence-corrected chi connectivity index (χ4v) is 6.47. The number of methoxy groups -OCH3 is 2. The van der Waals surface area contributed by atoms with Crippen LogP contribution in [0.2, 0.25) is 0 Å². The number of hydrogen-bond donors (Lipinski definition) is 0. The Bertz CT molecular complexity index is 1140. The van der Waals surface area contributed by atoms with Gasteiger partial charge in [-0.25, -0.2) is 0 Å². The van der Waals surface area contributed by atoms with Crippen molar-refractivity contribution < 1.29 is 19.1 Å². The summed E-state index contributed by atoms with van der Waals surface area (Å²) >= 11 is 3.06. The minimum absolute atomic E-state index is 0.0243. The molecule has 0 saturated carbocycles. The second-order valence-electron chi connectivity index (χ2n) is 8.24. The molecule has 172 valence electrons. The van der Waals surface area contributed by atoms with E-state index in [0.29, 0.717) is 35.9 Å². The van der Waals surface area contributed by atoms with E-state index in [0.717, 1.165) is 28.8 Å². The lowest BCUT2D eigenvalue weighted by Gasteiger charge is -2.40. The fourth-order valence-electron chi connectivity index (χ4n) is 4.94. The van der Waals surface area contributed by atoms with Crippen LogP contribution in [-0.2, 0) is 11.2 Å². The highest BCUT2D eigenvalue weighted by Crippen LogP contribution is 2.43. The minimum atomic E-state index is -0.427. The number of fused-ring (bicyclic) bond motifs is 1. The molecule has 0 spiro atoms. The van der Waals surface area contributed by atoms with Crippen molar-refractivity contribution in [2.24, 2.45) is 0 Å². The number of rotatable bonds is 5. The highest BCUT2D eigenvalue weighted by atomic mass is 32.1. The zero-order valence-electron chi connectivity index (χ0n) is 18.7. The van der Waals surface area contributed by atoms with Gasteiger partial charge in [0.05, 0.1) is 25.1 Å². The summed E-state index contributed by atoms with van der Waals surface area (Å²) in [5.41, 5.74) is 2.22. The van der Waals surface area contributed by atoms with E-state index >= 15 is 0 Å². The van der Waals surface area contributed by atoms with E-state index in [1.807, 2.05) is 46.0 Å². The third kappa shape index (κ3) is 3.91. The van der Waals surface area contributed by atoms with E-state index in [2.05, 4.69) is 6.07 Å². The van der Waals surface area contributed by atoms with Gasteiger partial charge in [-0.2, -0.15) is 0 Å². The van der Waals surface area contributed by atoms with Gasteiger partial charge in [-0.05, 0) is 65.4 Å². The molecular formula is C25H26N2O4S2. The Hall–Kier alpha value is -2.84. The predicted molar refractivity (Wildman–Crippen MR) is 130 cm³/mol. The number of nitrogens with zero attached hydrogens (tertiary/aromatic N) is 2. The van der Waals surface area contributed by atoms with Crippen molar-refractivity contribution in [3.05, 3.63) is 68.0 Å². The molecule has 1 fully saturated rings. The normalized spacial score (nSPS) is 19.9. The summed E-state index contributed by atoms with van der Waals surface area (Å²) in [7, 11) is 3.27. The molecule has 5 rings (SSSR count). The third-order valence-electron chi connectivity index (χ3n) is 6.50. The van der Waals surface area contributed by atoms with Crippen molar-refractivity contribution in [3.63, 3.8) is 0 Å². The Balaban J connectivity index is 1.51. The summed E-state index contributed by atoms with van der Waals surface area (Å²) < 4.78 is 11.1. The summed E-state index contributed by atoms with van der Waals surface area (Å²) in [6, 6.07) is 11.2. The van der Waals surface area contributed by atoms with Crippen LogP contribution in [0.1, 0.15) is 44.6 Å². The monoisotopic (exact) mass is 482 g/mol. The Labute approximate surface area is 201 Å². The van der Waals surface area contributed by atoms with Crippen LogP contribution in [0.4, 0.5) is 0 Å². The summed E-state index contributed by atoms with van der Waals surface area (Å²) in [6.45, 7) is 1.22. The first kappa shape index (κ1) is 22.0. The smallest absolute Gasteiger partial charge is 0.264 e. The maximum Gasteiger partial charge on any atom is 0.264 e. The molecule has 2 atom stereocenters. The van der Waals surface area contributed by atoms with Crippen molar-refractivity contribution in [1.82, 2.24) is 9.80 Å². The van der Waals surface area contributed by atoms with Gasteiger partial charge in [-0.3, -0.25) is 9.59 Å². The van der Waals surface area contributed by atoms with Crippen LogP contribution in [0, 0.1) is 0 Å². The van der Waals surface area contributed by atoms with E-state index in [1.165, 1.54) is 11.3 Å². The van der Waals surface area contributed by atoms with Crippen LogP contribution in [0.5, 0.6) is 11.5 Å². The molecule has 0 aliphatic carbocycles. The number of carbonyl (C=O) groups excluding carboxylic acids is 2. The van der Waals surface area contributed by atoms with Gasteiger partial charge in [0.2, 0.25) is 5.91 Å². The lowest BCUT2D eigenvalue weighted by atomic mass is 9.90. The minimum Gasteiger partial charge on any atom is -0.493 e. The maximum atomic E-state index is 14.0. The Morgan fingerprint density at radius 3 is 2.42 bits per heavy atom. The first-order valence-corrected chi connectivity index (χ1v) is 12.8. The molecule has 8 heteroatoms. The second kappa shape index (κ2) is 9.19. The fraction of sp³-hybridized carbons (Fsp3) is 0.360. The van der Waals surface area contributed by atoms with Crippen molar-refractivity contribution >= 4 is 34.5 Å². The van der Waals surface area contributed by atoms with Gasteiger partial charge in [-0.15, -0.1) is 22.7 Å². The lowest BCUT2D eigenvalue weighted by molar-refractivity contribution is -0.137. The van der Waals surface area contributed by atoms with Crippen LogP contribution in [0.25, 0.3) is 0 Å². The number of likely N-dealkylation sites (tertiary alicyclic amines) is 1. The second-order valence-corrected chi connectivity index (χ2v) is 10.2. The Kier molecular flexibility index (Phi) is 6.12. The van der Waals surface area contributed by atoms with Gasteiger partial charge in [0.25, 0.3) is 5.91 Å². The van der Waals surface area contributed by atoms with Crippen LogP contribution in [0.15, 0.2) is 47.2 Å². The average Bonchev–Trinajstić information content (AvgIpc) is 3.64. The molecule has 33 heavy (non-hydrogen) atoms. The van der Waals surface area contributed by atoms with Crippen LogP contribution >= 0.6 is 22.7 Å². The zero-order valence-corrected chi connectivity index (χ0v) is 20.3. The molecule has 0 bridgehead atoms. The number of carbonyl (C=O) groups is 2. The number of amides is 2. The summed E-state index contributed by atoms with van der Waals surface area (Å²) in [6.07, 6.45) is 2.27. The van der Waals surface area contributed by atoms with Gasteiger partial charge in [0, 0.05) is 18.0 Å². The quantitative estimate of drug-likeness (QED) is 0.533. The molecule has 4 heterocycles. The number of thiophene rings is 2. The molecule has 0 radical (unpaired) electrons. The average molecular weight is 483 g/mol. The van der Waals surface area contributed by atoms with E-state index in [9.17, 15) is 9.59 Å². The van der Waals surface area contributed by atoms with Gasteiger partial charge >= 0.3 is 0 Å². The van der Waals surface area contributed by atoms with Crippen molar-refractivity contribution in [1.29, 1.82) is 0 Å². The van der Waals surface area contributed by atoms with Crippen molar-refractivity contribution in [2.45, 2.75) is 31.3 Å². The molecule has 2 aromatic heterocycles.